The molecule has 0 aromatic rings. The summed E-state index contributed by atoms with van der Waals surface area (Å²) in [6.07, 6.45) is 2.08. The van der Waals surface area contributed by atoms with Gasteiger partial charge >= 0.3 is 0 Å². The van der Waals surface area contributed by atoms with E-state index >= 15 is 0 Å². The lowest BCUT2D eigenvalue weighted by molar-refractivity contribution is 0.259. The average molecular weight is 303 g/mol. The van der Waals surface area contributed by atoms with E-state index in [2.05, 4.69) is 26.2 Å². The summed E-state index contributed by atoms with van der Waals surface area (Å²) in [6.45, 7) is 10.2. The van der Waals surface area contributed by atoms with E-state index in [1.807, 2.05) is 0 Å². The van der Waals surface area contributed by atoms with Crippen LogP contribution in [0, 0.1) is 0 Å². The zero-order chi connectivity index (χ0) is 12.7. The Balaban J connectivity index is 3.42. The summed E-state index contributed by atoms with van der Waals surface area (Å²) in [6, 6.07) is 0. The van der Waals surface area contributed by atoms with E-state index in [0.717, 1.165) is 26.1 Å². The Morgan fingerprint density at radius 1 is 0.750 bits per heavy atom. The topological polar surface area (TPSA) is 18.5 Å². The molecular formula is C10H24Cl2O2Si2. The third-order valence-electron chi connectivity index (χ3n) is 2.17. The fourth-order valence-electron chi connectivity index (χ4n) is 0.978. The van der Waals surface area contributed by atoms with Gasteiger partial charge in [0.25, 0.3) is 0 Å². The fraction of sp³-hybridized carbons (Fsp3) is 1.00. The van der Waals surface area contributed by atoms with Crippen molar-refractivity contribution in [2.45, 2.75) is 39.0 Å². The van der Waals surface area contributed by atoms with Gasteiger partial charge in [-0.1, -0.05) is 0 Å². The fourth-order valence-corrected chi connectivity index (χ4v) is 2.99. The highest BCUT2D eigenvalue weighted by Crippen LogP contribution is 2.09. The first-order chi connectivity index (χ1) is 7.33. The van der Waals surface area contributed by atoms with Gasteiger partial charge < -0.3 is 8.85 Å². The van der Waals surface area contributed by atoms with Crippen molar-refractivity contribution in [2.75, 3.05) is 24.2 Å². The summed E-state index contributed by atoms with van der Waals surface area (Å²) >= 11 is 11.6. The van der Waals surface area contributed by atoms with Crippen molar-refractivity contribution in [3.05, 3.63) is 0 Å². The van der Waals surface area contributed by atoms with Crippen LogP contribution in [0.1, 0.15) is 12.8 Å². The number of alkyl halides is 2. The van der Waals surface area contributed by atoms with Gasteiger partial charge in [0.15, 0.2) is 0 Å². The van der Waals surface area contributed by atoms with Crippen molar-refractivity contribution in [3.8, 4) is 0 Å². The zero-order valence-corrected chi connectivity index (χ0v) is 14.3. The molecule has 0 fully saturated rings. The van der Waals surface area contributed by atoms with Crippen LogP contribution in [0.4, 0.5) is 0 Å². The SMILES string of the molecule is C[Si](C)(CCl)OCCCCO[Si](C)(C)CCl. The molecule has 0 unspecified atom stereocenters. The van der Waals surface area contributed by atoms with Crippen LogP contribution in [0.25, 0.3) is 0 Å². The highest BCUT2D eigenvalue weighted by Gasteiger charge is 2.21. The van der Waals surface area contributed by atoms with Crippen LogP contribution in [-0.2, 0) is 8.85 Å². The van der Waals surface area contributed by atoms with E-state index in [1.54, 1.807) is 0 Å². The minimum absolute atomic E-state index is 0.662. The van der Waals surface area contributed by atoms with E-state index < -0.39 is 16.6 Å². The zero-order valence-electron chi connectivity index (χ0n) is 10.8. The van der Waals surface area contributed by atoms with Gasteiger partial charge in [-0.3, -0.25) is 0 Å². The summed E-state index contributed by atoms with van der Waals surface area (Å²) in [7, 11) is -3.14. The average Bonchev–Trinajstić information content (AvgIpc) is 2.23. The molecule has 0 saturated carbocycles. The van der Waals surface area contributed by atoms with Crippen LogP contribution < -0.4 is 0 Å². The van der Waals surface area contributed by atoms with Gasteiger partial charge in [0.1, 0.15) is 0 Å². The number of hydrogen-bond donors (Lipinski definition) is 0. The molecular weight excluding hydrogens is 279 g/mol. The van der Waals surface area contributed by atoms with Crippen molar-refractivity contribution < 1.29 is 8.85 Å². The summed E-state index contributed by atoms with van der Waals surface area (Å²) < 4.78 is 11.5. The van der Waals surface area contributed by atoms with E-state index in [0.29, 0.717) is 11.0 Å². The molecule has 0 aliphatic carbocycles. The Hall–Kier alpha value is 0.934. The van der Waals surface area contributed by atoms with Crippen molar-refractivity contribution >= 4 is 39.8 Å². The molecule has 2 nitrogen and oxygen atoms in total. The highest BCUT2D eigenvalue weighted by molar-refractivity contribution is 6.78. The second-order valence-electron chi connectivity index (χ2n) is 5.19. The number of rotatable bonds is 9. The van der Waals surface area contributed by atoms with Crippen molar-refractivity contribution in [2.24, 2.45) is 0 Å². The molecule has 0 aromatic carbocycles. The quantitative estimate of drug-likeness (QED) is 0.367. The molecule has 0 spiro atoms. The van der Waals surface area contributed by atoms with Crippen LogP contribution in [0.3, 0.4) is 0 Å². The Labute approximate surface area is 112 Å². The minimum atomic E-state index is -1.57. The summed E-state index contributed by atoms with van der Waals surface area (Å²) in [5, 5.41) is 0. The van der Waals surface area contributed by atoms with Crippen molar-refractivity contribution in [1.82, 2.24) is 0 Å². The van der Waals surface area contributed by atoms with Gasteiger partial charge in [-0.05, 0) is 39.0 Å². The Bertz CT molecular complexity index is 170. The first-order valence-corrected chi connectivity index (χ1v) is 13.0. The van der Waals surface area contributed by atoms with E-state index in [1.165, 1.54) is 0 Å². The number of hydrogen-bond acceptors (Lipinski definition) is 2. The second-order valence-corrected chi connectivity index (χ2v) is 14.9. The molecule has 0 radical (unpaired) electrons. The monoisotopic (exact) mass is 302 g/mol. The molecule has 98 valence electrons. The maximum atomic E-state index is 5.81. The summed E-state index contributed by atoms with van der Waals surface area (Å²) in [5.41, 5.74) is 1.32. The standard InChI is InChI=1S/C10H24Cl2O2Si2/c1-15(2,9-11)13-7-5-6-8-14-16(3,4)10-12/h5-10H2,1-4H3. The van der Waals surface area contributed by atoms with Gasteiger partial charge in [0.2, 0.25) is 16.6 Å². The van der Waals surface area contributed by atoms with E-state index in [9.17, 15) is 0 Å². The molecule has 0 N–H and O–H groups in total. The smallest absolute Gasteiger partial charge is 0.201 e. The molecule has 0 heterocycles. The molecule has 0 saturated heterocycles. The molecule has 16 heavy (non-hydrogen) atoms. The number of halogens is 2. The second kappa shape index (κ2) is 8.11. The van der Waals surface area contributed by atoms with Crippen LogP contribution in [0.5, 0.6) is 0 Å². The maximum Gasteiger partial charge on any atom is 0.201 e. The van der Waals surface area contributed by atoms with Crippen LogP contribution in [-0.4, -0.2) is 40.9 Å². The summed E-state index contributed by atoms with van der Waals surface area (Å²) in [4.78, 5) is 0. The molecule has 0 amide bonds. The van der Waals surface area contributed by atoms with Gasteiger partial charge in [0, 0.05) is 24.2 Å². The first kappa shape index (κ1) is 16.9. The molecule has 6 heteroatoms. The predicted molar refractivity (Wildman–Crippen MR) is 77.5 cm³/mol. The van der Waals surface area contributed by atoms with Gasteiger partial charge in [-0.15, -0.1) is 23.2 Å². The predicted octanol–water partition coefficient (Wildman–Crippen LogP) is 3.77. The van der Waals surface area contributed by atoms with Crippen LogP contribution >= 0.6 is 23.2 Å². The molecule has 0 aliphatic heterocycles. The normalized spacial score (nSPS) is 13.1. The van der Waals surface area contributed by atoms with Crippen molar-refractivity contribution in [3.63, 3.8) is 0 Å². The Kier molecular flexibility index (Phi) is 8.58. The number of unbranched alkanes of at least 4 members (excludes halogenated alkanes) is 1. The van der Waals surface area contributed by atoms with Crippen LogP contribution in [0.15, 0.2) is 0 Å². The molecule has 0 aliphatic rings. The van der Waals surface area contributed by atoms with Crippen LogP contribution in [0.2, 0.25) is 26.2 Å². The van der Waals surface area contributed by atoms with Crippen molar-refractivity contribution in [1.29, 1.82) is 0 Å². The third-order valence-corrected chi connectivity index (χ3v) is 9.29. The Morgan fingerprint density at radius 2 is 1.06 bits per heavy atom. The molecule has 0 rings (SSSR count). The molecule has 0 bridgehead atoms. The Morgan fingerprint density at radius 3 is 1.31 bits per heavy atom. The lowest BCUT2D eigenvalue weighted by atomic mass is 10.3. The lowest BCUT2D eigenvalue weighted by Crippen LogP contribution is -2.34. The minimum Gasteiger partial charge on any atom is -0.416 e. The van der Waals surface area contributed by atoms with E-state index in [4.69, 9.17) is 32.1 Å². The van der Waals surface area contributed by atoms with Gasteiger partial charge in [-0.25, -0.2) is 0 Å². The summed E-state index contributed by atoms with van der Waals surface area (Å²) in [5.74, 6) is 0. The van der Waals surface area contributed by atoms with Gasteiger partial charge in [0.05, 0.1) is 0 Å². The molecule has 0 atom stereocenters. The highest BCUT2D eigenvalue weighted by atomic mass is 35.5. The lowest BCUT2D eigenvalue weighted by Gasteiger charge is -2.21. The first-order valence-electron chi connectivity index (χ1n) is 5.73. The van der Waals surface area contributed by atoms with Gasteiger partial charge in [-0.2, -0.15) is 0 Å². The molecule has 0 aromatic heterocycles. The maximum absolute atomic E-state index is 5.81. The third kappa shape index (κ3) is 9.01. The van der Waals surface area contributed by atoms with E-state index in [-0.39, 0.29) is 0 Å². The largest absolute Gasteiger partial charge is 0.416 e.